The molecule has 0 saturated heterocycles. The Morgan fingerprint density at radius 2 is 1.70 bits per heavy atom. The molecule has 0 radical (unpaired) electrons. The third-order valence-electron chi connectivity index (χ3n) is 3.48. The van der Waals surface area contributed by atoms with Gasteiger partial charge in [-0.15, -0.1) is 13.2 Å². The van der Waals surface area contributed by atoms with Crippen LogP contribution in [0.5, 0.6) is 5.75 Å². The summed E-state index contributed by atoms with van der Waals surface area (Å²) in [6.45, 7) is 1.21. The fourth-order valence-corrected chi connectivity index (χ4v) is 3.28. The van der Waals surface area contributed by atoms with Crippen molar-refractivity contribution in [2.75, 3.05) is 18.9 Å². The SMILES string of the molecule is Cc1ccc(S(=O)(=O)N(C)CC(=O)Nc2ccccc2OC(F)(F)F)cc1. The molecule has 0 fully saturated rings. The molecular formula is C17H17F3N2O4S. The highest BCUT2D eigenvalue weighted by molar-refractivity contribution is 7.89. The number of halogens is 3. The van der Waals surface area contributed by atoms with Crippen LogP contribution in [-0.4, -0.2) is 38.6 Å². The van der Waals surface area contributed by atoms with E-state index in [-0.39, 0.29) is 10.6 Å². The van der Waals surface area contributed by atoms with E-state index in [0.29, 0.717) is 0 Å². The molecule has 0 aliphatic rings. The summed E-state index contributed by atoms with van der Waals surface area (Å²) >= 11 is 0. The summed E-state index contributed by atoms with van der Waals surface area (Å²) in [6.07, 6.45) is -4.92. The summed E-state index contributed by atoms with van der Waals surface area (Å²) in [5.74, 6) is -1.41. The van der Waals surface area contributed by atoms with Crippen LogP contribution >= 0.6 is 0 Å². The van der Waals surface area contributed by atoms with E-state index in [1.54, 1.807) is 19.1 Å². The average molecular weight is 402 g/mol. The highest BCUT2D eigenvalue weighted by atomic mass is 32.2. The Balaban J connectivity index is 2.11. The number of hydrogen-bond acceptors (Lipinski definition) is 4. The first kappa shape index (κ1) is 20.7. The zero-order valence-electron chi connectivity index (χ0n) is 14.4. The van der Waals surface area contributed by atoms with Gasteiger partial charge in [0, 0.05) is 7.05 Å². The number of carbonyl (C=O) groups excluding carboxylic acids is 1. The molecule has 146 valence electrons. The molecule has 2 rings (SSSR count). The fraction of sp³-hybridized carbons (Fsp3) is 0.235. The number of nitrogens with one attached hydrogen (secondary N) is 1. The predicted molar refractivity (Wildman–Crippen MR) is 92.7 cm³/mol. The number of para-hydroxylation sites is 2. The number of nitrogens with zero attached hydrogens (tertiary/aromatic N) is 1. The molecule has 0 spiro atoms. The van der Waals surface area contributed by atoms with Gasteiger partial charge < -0.3 is 10.1 Å². The molecule has 0 heterocycles. The van der Waals surface area contributed by atoms with Crippen LogP contribution in [0, 0.1) is 6.92 Å². The van der Waals surface area contributed by atoms with Crippen molar-refractivity contribution in [3.63, 3.8) is 0 Å². The van der Waals surface area contributed by atoms with Crippen LogP contribution in [0.4, 0.5) is 18.9 Å². The molecule has 27 heavy (non-hydrogen) atoms. The summed E-state index contributed by atoms with van der Waals surface area (Å²) in [6, 6.07) is 11.0. The maximum atomic E-state index is 12.5. The quantitative estimate of drug-likeness (QED) is 0.806. The Bertz CT molecular complexity index is 913. The minimum atomic E-state index is -4.92. The van der Waals surface area contributed by atoms with E-state index >= 15 is 0 Å². The summed E-state index contributed by atoms with van der Waals surface area (Å²) in [5, 5.41) is 2.23. The lowest BCUT2D eigenvalue weighted by molar-refractivity contribution is -0.274. The van der Waals surface area contributed by atoms with Crippen LogP contribution in [0.1, 0.15) is 5.56 Å². The lowest BCUT2D eigenvalue weighted by Gasteiger charge is -2.18. The monoisotopic (exact) mass is 402 g/mol. The van der Waals surface area contributed by atoms with Gasteiger partial charge in [-0.2, -0.15) is 4.31 Å². The van der Waals surface area contributed by atoms with Gasteiger partial charge in [-0.05, 0) is 31.2 Å². The minimum absolute atomic E-state index is 0.00389. The normalized spacial score (nSPS) is 12.1. The van der Waals surface area contributed by atoms with Crippen LogP contribution in [0.3, 0.4) is 0 Å². The number of hydrogen-bond donors (Lipinski definition) is 1. The van der Waals surface area contributed by atoms with Crippen molar-refractivity contribution in [1.29, 1.82) is 0 Å². The van der Waals surface area contributed by atoms with Crippen LogP contribution < -0.4 is 10.1 Å². The van der Waals surface area contributed by atoms with Crippen molar-refractivity contribution >= 4 is 21.6 Å². The molecule has 0 unspecified atom stereocenters. The zero-order valence-corrected chi connectivity index (χ0v) is 15.3. The maximum Gasteiger partial charge on any atom is 0.573 e. The third kappa shape index (κ3) is 5.69. The molecule has 0 atom stereocenters. The fourth-order valence-electron chi connectivity index (χ4n) is 2.15. The van der Waals surface area contributed by atoms with E-state index in [1.807, 2.05) is 0 Å². The molecule has 0 aliphatic heterocycles. The van der Waals surface area contributed by atoms with Gasteiger partial charge in [0.15, 0.2) is 5.75 Å². The molecule has 0 aromatic heterocycles. The highest BCUT2D eigenvalue weighted by Crippen LogP contribution is 2.29. The Labute approximate surface area is 154 Å². The van der Waals surface area contributed by atoms with Crippen molar-refractivity contribution in [3.05, 3.63) is 54.1 Å². The number of amides is 1. The van der Waals surface area contributed by atoms with Gasteiger partial charge in [0.1, 0.15) is 0 Å². The molecule has 1 N–H and O–H groups in total. The molecule has 1 amide bonds. The van der Waals surface area contributed by atoms with Crippen LogP contribution in [0.2, 0.25) is 0 Å². The summed E-state index contributed by atoms with van der Waals surface area (Å²) in [5.41, 5.74) is 0.650. The van der Waals surface area contributed by atoms with Gasteiger partial charge in [0.05, 0.1) is 17.1 Å². The van der Waals surface area contributed by atoms with Crippen molar-refractivity contribution < 1.29 is 31.1 Å². The molecule has 0 saturated carbocycles. The van der Waals surface area contributed by atoms with E-state index in [9.17, 15) is 26.4 Å². The molecule has 0 bridgehead atoms. The zero-order chi connectivity index (χ0) is 20.2. The first-order valence-corrected chi connectivity index (χ1v) is 9.11. The molecule has 2 aromatic carbocycles. The smallest absolute Gasteiger partial charge is 0.404 e. The van der Waals surface area contributed by atoms with E-state index in [2.05, 4.69) is 10.1 Å². The molecular weight excluding hydrogens is 385 g/mol. The Hall–Kier alpha value is -2.59. The average Bonchev–Trinajstić information content (AvgIpc) is 2.55. The highest BCUT2D eigenvalue weighted by Gasteiger charge is 2.32. The summed E-state index contributed by atoms with van der Waals surface area (Å²) < 4.78 is 66.8. The number of ether oxygens (including phenoxy) is 1. The van der Waals surface area contributed by atoms with E-state index < -0.39 is 34.6 Å². The van der Waals surface area contributed by atoms with Gasteiger partial charge in [-0.3, -0.25) is 4.79 Å². The van der Waals surface area contributed by atoms with E-state index in [4.69, 9.17) is 0 Å². The third-order valence-corrected chi connectivity index (χ3v) is 5.30. The van der Waals surface area contributed by atoms with Crippen LogP contribution in [0.25, 0.3) is 0 Å². The number of benzene rings is 2. The molecule has 6 nitrogen and oxygen atoms in total. The maximum absolute atomic E-state index is 12.5. The Morgan fingerprint density at radius 1 is 1.11 bits per heavy atom. The number of rotatable bonds is 6. The number of sulfonamides is 1. The standard InChI is InChI=1S/C17H17F3N2O4S/c1-12-7-9-13(10-8-12)27(24,25)22(2)11-16(23)21-14-5-3-4-6-15(14)26-17(18,19)20/h3-10H,11H2,1-2H3,(H,21,23). The van der Waals surface area contributed by atoms with E-state index in [0.717, 1.165) is 15.9 Å². The number of anilines is 1. The first-order chi connectivity index (χ1) is 12.5. The number of alkyl halides is 3. The summed E-state index contributed by atoms with van der Waals surface area (Å²) in [4.78, 5) is 12.1. The van der Waals surface area contributed by atoms with Crippen molar-refractivity contribution in [2.24, 2.45) is 0 Å². The second kappa shape index (κ2) is 7.97. The predicted octanol–water partition coefficient (Wildman–Crippen LogP) is 3.15. The van der Waals surface area contributed by atoms with Gasteiger partial charge in [0.25, 0.3) is 0 Å². The summed E-state index contributed by atoms with van der Waals surface area (Å²) in [7, 11) is -2.72. The molecule has 2 aromatic rings. The lowest BCUT2D eigenvalue weighted by Crippen LogP contribution is -2.35. The van der Waals surface area contributed by atoms with Crippen molar-refractivity contribution in [2.45, 2.75) is 18.2 Å². The van der Waals surface area contributed by atoms with Gasteiger partial charge in [-0.25, -0.2) is 8.42 Å². The molecule has 0 aliphatic carbocycles. The van der Waals surface area contributed by atoms with Gasteiger partial charge in [0.2, 0.25) is 15.9 Å². The number of aryl methyl sites for hydroxylation is 1. The van der Waals surface area contributed by atoms with E-state index in [1.165, 1.54) is 37.4 Å². The van der Waals surface area contributed by atoms with Crippen molar-refractivity contribution in [1.82, 2.24) is 4.31 Å². The van der Waals surface area contributed by atoms with Crippen molar-refractivity contribution in [3.8, 4) is 5.75 Å². The first-order valence-electron chi connectivity index (χ1n) is 7.67. The number of carbonyl (C=O) groups is 1. The Morgan fingerprint density at radius 3 is 2.30 bits per heavy atom. The topological polar surface area (TPSA) is 75.7 Å². The second-order valence-electron chi connectivity index (χ2n) is 5.67. The van der Waals surface area contributed by atoms with Gasteiger partial charge >= 0.3 is 6.36 Å². The Kier molecular flexibility index (Phi) is 6.11. The molecule has 10 heteroatoms. The lowest BCUT2D eigenvalue weighted by atomic mass is 10.2. The van der Waals surface area contributed by atoms with Crippen LogP contribution in [-0.2, 0) is 14.8 Å². The van der Waals surface area contributed by atoms with Gasteiger partial charge in [-0.1, -0.05) is 29.8 Å². The minimum Gasteiger partial charge on any atom is -0.404 e. The number of likely N-dealkylation sites (N-methyl/N-ethyl adjacent to an activating group) is 1. The largest absolute Gasteiger partial charge is 0.573 e. The second-order valence-corrected chi connectivity index (χ2v) is 7.71. The van der Waals surface area contributed by atoms with Crippen LogP contribution in [0.15, 0.2) is 53.4 Å².